The van der Waals surface area contributed by atoms with Crippen LogP contribution in [0.5, 0.6) is 5.75 Å². The molecule has 2 aromatic carbocycles. The van der Waals surface area contributed by atoms with Crippen LogP contribution in [0, 0.1) is 6.92 Å². The van der Waals surface area contributed by atoms with E-state index in [1.54, 1.807) is 7.11 Å². The van der Waals surface area contributed by atoms with Gasteiger partial charge in [-0.2, -0.15) is 0 Å². The maximum Gasteiger partial charge on any atom is 0.143 e. The van der Waals surface area contributed by atoms with E-state index in [4.69, 9.17) is 16.3 Å². The van der Waals surface area contributed by atoms with Gasteiger partial charge < -0.3 is 10.1 Å². The van der Waals surface area contributed by atoms with Crippen molar-refractivity contribution in [3.05, 3.63) is 64.7 Å². The third-order valence-electron chi connectivity index (χ3n) is 3.00. The smallest absolute Gasteiger partial charge is 0.143 e. The Labute approximate surface area is 125 Å². The quantitative estimate of drug-likeness (QED) is 0.854. The first-order valence-electron chi connectivity index (χ1n) is 6.50. The van der Waals surface area contributed by atoms with Gasteiger partial charge in [-0.15, -0.1) is 0 Å². The first-order valence-corrected chi connectivity index (χ1v) is 6.88. The second-order valence-electron chi connectivity index (χ2n) is 4.50. The maximum absolute atomic E-state index is 6.08. The summed E-state index contributed by atoms with van der Waals surface area (Å²) in [6, 6.07) is 14.0. The molecule has 20 heavy (non-hydrogen) atoms. The average Bonchev–Trinajstić information content (AvgIpc) is 2.48. The van der Waals surface area contributed by atoms with Crippen molar-refractivity contribution in [3.63, 3.8) is 0 Å². The van der Waals surface area contributed by atoms with Gasteiger partial charge >= 0.3 is 0 Å². The molecule has 2 aromatic rings. The van der Waals surface area contributed by atoms with Gasteiger partial charge in [0.1, 0.15) is 5.75 Å². The SMILES string of the molecule is COc1cc(Cl)c(C)cc1NCC=Cc1ccccc1. The number of aryl methyl sites for hydroxylation is 1. The molecule has 0 bridgehead atoms. The number of hydrogen-bond acceptors (Lipinski definition) is 2. The maximum atomic E-state index is 6.08. The van der Waals surface area contributed by atoms with Crippen LogP contribution in [0.1, 0.15) is 11.1 Å². The molecule has 0 heterocycles. The van der Waals surface area contributed by atoms with Crippen molar-refractivity contribution in [1.82, 2.24) is 0 Å². The van der Waals surface area contributed by atoms with E-state index < -0.39 is 0 Å². The number of anilines is 1. The summed E-state index contributed by atoms with van der Waals surface area (Å²) in [4.78, 5) is 0. The van der Waals surface area contributed by atoms with E-state index in [0.717, 1.165) is 23.5 Å². The molecule has 0 unspecified atom stereocenters. The van der Waals surface area contributed by atoms with Gasteiger partial charge in [0, 0.05) is 17.6 Å². The molecule has 0 atom stereocenters. The monoisotopic (exact) mass is 287 g/mol. The molecular weight excluding hydrogens is 270 g/mol. The summed E-state index contributed by atoms with van der Waals surface area (Å²) in [6.07, 6.45) is 4.17. The Balaban J connectivity index is 2.01. The fourth-order valence-corrected chi connectivity index (χ4v) is 2.05. The molecule has 3 heteroatoms. The fraction of sp³-hybridized carbons (Fsp3) is 0.176. The molecule has 0 saturated heterocycles. The topological polar surface area (TPSA) is 21.3 Å². The van der Waals surface area contributed by atoms with Crippen LogP contribution in [0.15, 0.2) is 48.5 Å². The van der Waals surface area contributed by atoms with Crippen LogP contribution in [0.3, 0.4) is 0 Å². The standard InChI is InChI=1S/C17H18ClNO/c1-13-11-16(17(20-2)12-15(13)18)19-10-6-9-14-7-4-3-5-8-14/h3-9,11-12,19H,10H2,1-2H3. The largest absolute Gasteiger partial charge is 0.495 e. The molecule has 0 amide bonds. The van der Waals surface area contributed by atoms with Gasteiger partial charge in [-0.3, -0.25) is 0 Å². The highest BCUT2D eigenvalue weighted by atomic mass is 35.5. The van der Waals surface area contributed by atoms with Crippen LogP contribution in [0.25, 0.3) is 6.08 Å². The summed E-state index contributed by atoms with van der Waals surface area (Å²) < 4.78 is 5.33. The third-order valence-corrected chi connectivity index (χ3v) is 3.41. The summed E-state index contributed by atoms with van der Waals surface area (Å²) >= 11 is 6.08. The van der Waals surface area contributed by atoms with Crippen LogP contribution in [-0.4, -0.2) is 13.7 Å². The molecule has 0 aromatic heterocycles. The Morgan fingerprint density at radius 3 is 2.65 bits per heavy atom. The molecule has 0 fully saturated rings. The molecule has 1 N–H and O–H groups in total. The fourth-order valence-electron chi connectivity index (χ4n) is 1.90. The lowest BCUT2D eigenvalue weighted by atomic mass is 10.2. The average molecular weight is 288 g/mol. The number of methoxy groups -OCH3 is 1. The lowest BCUT2D eigenvalue weighted by Crippen LogP contribution is -2.01. The number of rotatable bonds is 5. The zero-order chi connectivity index (χ0) is 14.4. The molecule has 0 aliphatic rings. The van der Waals surface area contributed by atoms with Gasteiger partial charge in [-0.05, 0) is 24.1 Å². The summed E-state index contributed by atoms with van der Waals surface area (Å²) in [5.41, 5.74) is 3.17. The van der Waals surface area contributed by atoms with Crippen LogP contribution < -0.4 is 10.1 Å². The second kappa shape index (κ2) is 7.01. The predicted octanol–water partition coefficient (Wildman–Crippen LogP) is 4.78. The van der Waals surface area contributed by atoms with Crippen molar-refractivity contribution < 1.29 is 4.74 Å². The predicted molar refractivity (Wildman–Crippen MR) is 86.7 cm³/mol. The van der Waals surface area contributed by atoms with Crippen molar-refractivity contribution in [1.29, 1.82) is 0 Å². The lowest BCUT2D eigenvalue weighted by molar-refractivity contribution is 0.416. The van der Waals surface area contributed by atoms with Crippen LogP contribution in [-0.2, 0) is 0 Å². The Morgan fingerprint density at radius 2 is 1.95 bits per heavy atom. The number of ether oxygens (including phenoxy) is 1. The Bertz CT molecular complexity index is 593. The Kier molecular flexibility index (Phi) is 5.08. The van der Waals surface area contributed by atoms with E-state index in [0.29, 0.717) is 5.02 Å². The van der Waals surface area contributed by atoms with Crippen molar-refractivity contribution in [2.75, 3.05) is 19.0 Å². The van der Waals surface area contributed by atoms with Crippen molar-refractivity contribution in [3.8, 4) is 5.75 Å². The molecule has 104 valence electrons. The minimum Gasteiger partial charge on any atom is -0.495 e. The first kappa shape index (κ1) is 14.5. The van der Waals surface area contributed by atoms with Crippen LogP contribution in [0.2, 0.25) is 5.02 Å². The molecule has 0 spiro atoms. The molecule has 0 saturated carbocycles. The third kappa shape index (κ3) is 3.78. The number of nitrogens with one attached hydrogen (secondary N) is 1. The van der Waals surface area contributed by atoms with Crippen LogP contribution in [0.4, 0.5) is 5.69 Å². The lowest BCUT2D eigenvalue weighted by Gasteiger charge is -2.11. The summed E-state index contributed by atoms with van der Waals surface area (Å²) in [6.45, 7) is 2.71. The molecule has 2 rings (SSSR count). The minimum absolute atomic E-state index is 0.715. The first-order chi connectivity index (χ1) is 9.70. The van der Waals surface area contributed by atoms with Gasteiger partial charge in [-0.1, -0.05) is 54.1 Å². The normalized spacial score (nSPS) is 10.8. The number of halogens is 1. The minimum atomic E-state index is 0.715. The number of hydrogen-bond donors (Lipinski definition) is 1. The van der Waals surface area contributed by atoms with Gasteiger partial charge in [-0.25, -0.2) is 0 Å². The van der Waals surface area contributed by atoms with Crippen molar-refractivity contribution in [2.24, 2.45) is 0 Å². The van der Waals surface area contributed by atoms with E-state index in [-0.39, 0.29) is 0 Å². The molecule has 0 aliphatic carbocycles. The summed E-state index contributed by atoms with van der Waals surface area (Å²) in [7, 11) is 1.64. The second-order valence-corrected chi connectivity index (χ2v) is 4.90. The van der Waals surface area contributed by atoms with Crippen molar-refractivity contribution >= 4 is 23.4 Å². The van der Waals surface area contributed by atoms with Gasteiger partial charge in [0.25, 0.3) is 0 Å². The van der Waals surface area contributed by atoms with E-state index in [2.05, 4.69) is 29.6 Å². The van der Waals surface area contributed by atoms with E-state index >= 15 is 0 Å². The molecule has 0 radical (unpaired) electrons. The highest BCUT2D eigenvalue weighted by molar-refractivity contribution is 6.31. The molecule has 2 nitrogen and oxygen atoms in total. The summed E-state index contributed by atoms with van der Waals surface area (Å²) in [5.74, 6) is 0.758. The van der Waals surface area contributed by atoms with E-state index in [1.165, 1.54) is 5.56 Å². The zero-order valence-corrected chi connectivity index (χ0v) is 12.4. The number of benzene rings is 2. The van der Waals surface area contributed by atoms with Gasteiger partial charge in [0.15, 0.2) is 0 Å². The van der Waals surface area contributed by atoms with Gasteiger partial charge in [0.05, 0.1) is 12.8 Å². The van der Waals surface area contributed by atoms with Crippen molar-refractivity contribution in [2.45, 2.75) is 6.92 Å². The highest BCUT2D eigenvalue weighted by Crippen LogP contribution is 2.30. The van der Waals surface area contributed by atoms with E-state index in [1.807, 2.05) is 37.3 Å². The zero-order valence-electron chi connectivity index (χ0n) is 11.7. The Morgan fingerprint density at radius 1 is 1.20 bits per heavy atom. The van der Waals surface area contributed by atoms with Gasteiger partial charge in [0.2, 0.25) is 0 Å². The van der Waals surface area contributed by atoms with Crippen LogP contribution >= 0.6 is 11.6 Å². The molecule has 0 aliphatic heterocycles. The molecular formula is C17H18ClNO. The highest BCUT2D eigenvalue weighted by Gasteiger charge is 2.05. The Hall–Kier alpha value is -1.93. The van der Waals surface area contributed by atoms with E-state index in [9.17, 15) is 0 Å². The summed E-state index contributed by atoms with van der Waals surface area (Å²) in [5, 5.41) is 4.05.